The van der Waals surface area contributed by atoms with Gasteiger partial charge in [0.15, 0.2) is 0 Å². The highest BCUT2D eigenvalue weighted by molar-refractivity contribution is 7.89. The molecule has 0 aliphatic carbocycles. The molecule has 0 amide bonds. The van der Waals surface area contributed by atoms with Gasteiger partial charge in [-0.05, 0) is 41.7 Å². The van der Waals surface area contributed by atoms with Crippen LogP contribution in [-0.2, 0) is 23.1 Å². The van der Waals surface area contributed by atoms with Gasteiger partial charge >= 0.3 is 0 Å². The van der Waals surface area contributed by atoms with Gasteiger partial charge in [0.25, 0.3) is 0 Å². The normalized spacial score (nSPS) is 17.7. The van der Waals surface area contributed by atoms with Crippen LogP contribution in [0, 0.1) is 11.3 Å². The summed E-state index contributed by atoms with van der Waals surface area (Å²) in [5.41, 5.74) is 4.28. The summed E-state index contributed by atoms with van der Waals surface area (Å²) >= 11 is 0. The van der Waals surface area contributed by atoms with E-state index < -0.39 is 10.0 Å². The van der Waals surface area contributed by atoms with Crippen LogP contribution in [0.25, 0.3) is 0 Å². The summed E-state index contributed by atoms with van der Waals surface area (Å²) in [5, 5.41) is 9.47. The molecule has 4 rings (SSSR count). The number of nitrogens with one attached hydrogen (secondary N) is 1. The van der Waals surface area contributed by atoms with Crippen LogP contribution in [0.2, 0.25) is 0 Å². The van der Waals surface area contributed by atoms with Crippen LogP contribution in [0.4, 0.5) is 5.69 Å². The highest BCUT2D eigenvalue weighted by Gasteiger charge is 2.38. The molecule has 3 aromatic rings. The smallest absolute Gasteiger partial charge is 0.214 e. The molecular weight excluding hydrogens is 434 g/mol. The number of aromatic amines is 1. The fourth-order valence-electron chi connectivity index (χ4n) is 4.58. The van der Waals surface area contributed by atoms with Gasteiger partial charge in [0.2, 0.25) is 10.0 Å². The van der Waals surface area contributed by atoms with E-state index in [0.717, 1.165) is 22.5 Å². The Morgan fingerprint density at radius 1 is 1.24 bits per heavy atom. The molecule has 0 radical (unpaired) electrons. The summed E-state index contributed by atoms with van der Waals surface area (Å²) in [5.74, 6) is 0.0711. The van der Waals surface area contributed by atoms with Crippen molar-refractivity contribution in [1.29, 1.82) is 5.26 Å². The number of benzene rings is 2. The molecule has 2 aromatic carbocycles. The zero-order valence-electron chi connectivity index (χ0n) is 19.0. The molecular formula is C25H29N5O2S. The molecule has 1 aliphatic heterocycles. The fraction of sp³-hybridized carbons (Fsp3) is 0.360. The summed E-state index contributed by atoms with van der Waals surface area (Å²) in [7, 11) is -3.50. The molecule has 0 saturated carbocycles. The zero-order chi connectivity index (χ0) is 23.4. The van der Waals surface area contributed by atoms with Gasteiger partial charge in [0.1, 0.15) is 0 Å². The van der Waals surface area contributed by atoms with E-state index in [4.69, 9.17) is 0 Å². The van der Waals surface area contributed by atoms with E-state index in [1.54, 1.807) is 16.7 Å². The maximum Gasteiger partial charge on any atom is 0.214 e. The van der Waals surface area contributed by atoms with Crippen molar-refractivity contribution in [3.8, 4) is 6.07 Å². The number of rotatable bonds is 7. The lowest BCUT2D eigenvalue weighted by molar-refractivity contribution is 0.288. The van der Waals surface area contributed by atoms with Gasteiger partial charge in [0.05, 0.1) is 36.0 Å². The van der Waals surface area contributed by atoms with E-state index in [9.17, 15) is 13.7 Å². The van der Waals surface area contributed by atoms with Gasteiger partial charge in [-0.1, -0.05) is 44.2 Å². The largest absolute Gasteiger partial charge is 0.364 e. The molecule has 2 heterocycles. The first-order chi connectivity index (χ1) is 15.9. The Morgan fingerprint density at radius 3 is 2.70 bits per heavy atom. The standard InChI is InChI=1S/C25H29N5O2S/c1-3-11-33(31,32)30-15-22-12-20(13-26)9-10-24(22)29(16-23-14-27-18-28-23)17-25(30)19(2)21-7-5-4-6-8-21/h4-10,12,14,18-19,25H,3,11,15-17H2,1-2H3,(H,27,28)/t19-,25-/m1/s1. The van der Waals surface area contributed by atoms with Crippen LogP contribution in [0.3, 0.4) is 0 Å². The van der Waals surface area contributed by atoms with Crippen LogP contribution in [-0.4, -0.2) is 41.0 Å². The van der Waals surface area contributed by atoms with E-state index in [-0.39, 0.29) is 24.3 Å². The number of fused-ring (bicyclic) bond motifs is 1. The molecule has 33 heavy (non-hydrogen) atoms. The van der Waals surface area contributed by atoms with Gasteiger partial charge in [-0.15, -0.1) is 0 Å². The minimum atomic E-state index is -3.50. The molecule has 0 bridgehead atoms. The van der Waals surface area contributed by atoms with Crippen LogP contribution >= 0.6 is 0 Å². The Bertz CT molecular complexity index is 1220. The SMILES string of the molecule is CCCS(=O)(=O)N1Cc2cc(C#N)ccc2N(Cc2c[nH]cn2)C[C@@H]1[C@H](C)c1ccccc1. The zero-order valence-corrected chi connectivity index (χ0v) is 19.8. The number of imidazole rings is 1. The van der Waals surface area contributed by atoms with E-state index in [0.29, 0.717) is 25.1 Å². The number of sulfonamides is 1. The summed E-state index contributed by atoms with van der Waals surface area (Å²) in [6, 6.07) is 17.5. The molecule has 0 saturated heterocycles. The van der Waals surface area contributed by atoms with Gasteiger partial charge in [0, 0.05) is 31.0 Å². The lowest BCUT2D eigenvalue weighted by Gasteiger charge is -2.36. The van der Waals surface area contributed by atoms with E-state index >= 15 is 0 Å². The van der Waals surface area contributed by atoms with Crippen molar-refractivity contribution in [2.75, 3.05) is 17.2 Å². The van der Waals surface area contributed by atoms with Crippen LogP contribution in [0.15, 0.2) is 61.1 Å². The molecule has 0 spiro atoms. The average Bonchev–Trinajstić information content (AvgIpc) is 3.27. The Morgan fingerprint density at radius 2 is 2.03 bits per heavy atom. The number of nitrogens with zero attached hydrogens (tertiary/aromatic N) is 4. The Labute approximate surface area is 195 Å². The maximum atomic E-state index is 13.5. The van der Waals surface area contributed by atoms with E-state index in [1.165, 1.54) is 0 Å². The number of anilines is 1. The van der Waals surface area contributed by atoms with Crippen LogP contribution in [0.5, 0.6) is 0 Å². The second-order valence-electron chi connectivity index (χ2n) is 8.52. The maximum absolute atomic E-state index is 13.5. The lowest BCUT2D eigenvalue weighted by atomic mass is 9.93. The second-order valence-corrected chi connectivity index (χ2v) is 10.6. The third kappa shape index (κ3) is 4.95. The first-order valence-corrected chi connectivity index (χ1v) is 12.8. The molecule has 1 N–H and O–H groups in total. The van der Waals surface area contributed by atoms with Gasteiger partial charge in [-0.2, -0.15) is 9.57 Å². The highest BCUT2D eigenvalue weighted by atomic mass is 32.2. The number of hydrogen-bond donors (Lipinski definition) is 1. The first kappa shape index (κ1) is 23.0. The Kier molecular flexibility index (Phi) is 6.82. The predicted molar refractivity (Wildman–Crippen MR) is 129 cm³/mol. The van der Waals surface area contributed by atoms with Crippen molar-refractivity contribution >= 4 is 15.7 Å². The molecule has 1 aromatic heterocycles. The summed E-state index contributed by atoms with van der Waals surface area (Å²) in [4.78, 5) is 9.58. The van der Waals surface area contributed by atoms with E-state index in [1.807, 2.05) is 43.5 Å². The van der Waals surface area contributed by atoms with E-state index in [2.05, 4.69) is 40.0 Å². The van der Waals surface area contributed by atoms with Crippen molar-refractivity contribution in [3.05, 3.63) is 83.4 Å². The Hall–Kier alpha value is -3.15. The summed E-state index contributed by atoms with van der Waals surface area (Å²) < 4.78 is 28.7. The molecule has 1 aliphatic rings. The fourth-order valence-corrected chi connectivity index (χ4v) is 6.33. The number of aromatic nitrogens is 2. The van der Waals surface area contributed by atoms with Crippen molar-refractivity contribution < 1.29 is 8.42 Å². The first-order valence-electron chi connectivity index (χ1n) is 11.2. The van der Waals surface area contributed by atoms with Gasteiger partial charge in [-0.3, -0.25) is 0 Å². The third-order valence-electron chi connectivity index (χ3n) is 6.28. The number of H-pyrrole nitrogens is 1. The second kappa shape index (κ2) is 9.77. The molecule has 7 nitrogen and oxygen atoms in total. The number of nitriles is 1. The van der Waals surface area contributed by atoms with Crippen molar-refractivity contribution in [1.82, 2.24) is 14.3 Å². The van der Waals surface area contributed by atoms with Gasteiger partial charge in [-0.25, -0.2) is 13.4 Å². The van der Waals surface area contributed by atoms with Crippen molar-refractivity contribution in [2.45, 2.75) is 45.3 Å². The predicted octanol–water partition coefficient (Wildman–Crippen LogP) is 4.02. The van der Waals surface area contributed by atoms with Gasteiger partial charge < -0.3 is 9.88 Å². The summed E-state index contributed by atoms with van der Waals surface area (Å²) in [6.07, 6.45) is 4.05. The average molecular weight is 464 g/mol. The summed E-state index contributed by atoms with van der Waals surface area (Å²) in [6.45, 7) is 5.29. The topological polar surface area (TPSA) is 93.1 Å². The molecule has 0 fully saturated rings. The minimum absolute atomic E-state index is 0.0238. The third-order valence-corrected chi connectivity index (χ3v) is 8.32. The van der Waals surface area contributed by atoms with Crippen molar-refractivity contribution in [2.24, 2.45) is 0 Å². The monoisotopic (exact) mass is 463 g/mol. The molecule has 8 heteroatoms. The Balaban J connectivity index is 1.83. The number of hydrogen-bond acceptors (Lipinski definition) is 5. The van der Waals surface area contributed by atoms with Crippen LogP contribution in [0.1, 0.15) is 48.6 Å². The molecule has 2 atom stereocenters. The highest BCUT2D eigenvalue weighted by Crippen LogP contribution is 2.35. The van der Waals surface area contributed by atoms with Crippen LogP contribution < -0.4 is 4.90 Å². The molecule has 0 unspecified atom stereocenters. The quantitative estimate of drug-likeness (QED) is 0.571. The molecule has 172 valence electrons. The minimum Gasteiger partial charge on any atom is -0.364 e. The lowest BCUT2D eigenvalue weighted by Crippen LogP contribution is -2.47. The van der Waals surface area contributed by atoms with Crippen molar-refractivity contribution in [3.63, 3.8) is 0 Å².